The predicted octanol–water partition coefficient (Wildman–Crippen LogP) is 5.95. The third-order valence-corrected chi connectivity index (χ3v) is 4.92. The van der Waals surface area contributed by atoms with Gasteiger partial charge in [0.05, 0.1) is 11.6 Å². The van der Waals surface area contributed by atoms with Crippen molar-refractivity contribution in [1.29, 1.82) is 5.26 Å². The van der Waals surface area contributed by atoms with Gasteiger partial charge in [-0.25, -0.2) is 0 Å². The van der Waals surface area contributed by atoms with E-state index < -0.39 is 36.2 Å². The van der Waals surface area contributed by atoms with Gasteiger partial charge in [0.25, 0.3) is 5.60 Å². The van der Waals surface area contributed by atoms with E-state index in [9.17, 15) is 44.6 Å². The van der Waals surface area contributed by atoms with E-state index in [0.717, 1.165) is 0 Å². The van der Waals surface area contributed by atoms with Crippen LogP contribution in [0.1, 0.15) is 11.1 Å². The molecule has 0 saturated carbocycles. The van der Waals surface area contributed by atoms with Crippen LogP contribution in [0.4, 0.5) is 45.2 Å². The topological polar surface area (TPSA) is 47.3 Å². The third-order valence-electron chi connectivity index (χ3n) is 3.90. The number of nitriles is 1. The van der Waals surface area contributed by atoms with E-state index in [4.69, 9.17) is 5.26 Å². The van der Waals surface area contributed by atoms with Crippen LogP contribution in [0.5, 0.6) is 0 Å². The summed E-state index contributed by atoms with van der Waals surface area (Å²) >= 11 is 0.478. The predicted molar refractivity (Wildman–Crippen MR) is 92.9 cm³/mol. The fourth-order valence-electron chi connectivity index (χ4n) is 2.45. The van der Waals surface area contributed by atoms with Gasteiger partial charge in [-0.3, -0.25) is 0 Å². The Hall–Kier alpha value is -2.59. The zero-order chi connectivity index (χ0) is 23.7. The molecule has 0 aliphatic carbocycles. The Labute approximate surface area is 173 Å². The molecule has 0 radical (unpaired) electrons. The highest BCUT2D eigenvalue weighted by atomic mass is 32.2. The first kappa shape index (κ1) is 24.7. The molecule has 0 aliphatic rings. The highest BCUT2D eigenvalue weighted by Gasteiger charge is 2.71. The molecule has 168 valence electrons. The van der Waals surface area contributed by atoms with Crippen LogP contribution >= 0.6 is 11.9 Å². The van der Waals surface area contributed by atoms with Crippen LogP contribution in [-0.2, 0) is 5.60 Å². The van der Waals surface area contributed by atoms with Crippen molar-refractivity contribution in [2.45, 2.75) is 29.0 Å². The number of aliphatic hydroxyl groups is 1. The van der Waals surface area contributed by atoms with Crippen molar-refractivity contribution >= 4 is 17.6 Å². The van der Waals surface area contributed by atoms with E-state index in [1.807, 2.05) is 0 Å². The Balaban J connectivity index is 2.45. The van der Waals surface area contributed by atoms with Gasteiger partial charge >= 0.3 is 18.5 Å². The molecule has 0 aromatic heterocycles. The number of benzene rings is 2. The van der Waals surface area contributed by atoms with E-state index in [1.165, 1.54) is 24.3 Å². The molecule has 0 fully saturated rings. The van der Waals surface area contributed by atoms with Crippen LogP contribution in [0.3, 0.4) is 0 Å². The Bertz CT molecular complexity index is 933. The molecule has 2 aromatic rings. The first-order valence-electron chi connectivity index (χ1n) is 8.07. The molecule has 0 aliphatic heterocycles. The minimum Gasteiger partial charge on any atom is -0.369 e. The molecule has 2 rings (SSSR count). The summed E-state index contributed by atoms with van der Waals surface area (Å²) in [5.41, 5.74) is -7.03. The Kier molecular flexibility index (Phi) is 6.77. The van der Waals surface area contributed by atoms with Gasteiger partial charge in [0.2, 0.25) is 0 Å². The molecule has 0 unspecified atom stereocenters. The smallest absolute Gasteiger partial charge is 0.369 e. The van der Waals surface area contributed by atoms with Gasteiger partial charge < -0.3 is 9.41 Å². The third kappa shape index (κ3) is 5.56. The van der Waals surface area contributed by atoms with Gasteiger partial charge in [0, 0.05) is 16.1 Å². The molecular formula is C18H11F9N2OS. The lowest BCUT2D eigenvalue weighted by Crippen LogP contribution is -2.53. The largest absolute Gasteiger partial charge is 0.430 e. The van der Waals surface area contributed by atoms with E-state index >= 15 is 0 Å². The van der Waals surface area contributed by atoms with Crippen LogP contribution in [0.25, 0.3) is 0 Å². The summed E-state index contributed by atoms with van der Waals surface area (Å²) in [7, 11) is 0. The van der Waals surface area contributed by atoms with Crippen molar-refractivity contribution < 1.29 is 44.6 Å². The summed E-state index contributed by atoms with van der Waals surface area (Å²) in [6, 6.07) is 8.91. The summed E-state index contributed by atoms with van der Waals surface area (Å²) < 4.78 is 117. The second-order valence-electron chi connectivity index (χ2n) is 6.14. The lowest BCUT2D eigenvalue weighted by Gasteiger charge is -2.33. The van der Waals surface area contributed by atoms with E-state index in [-0.39, 0.29) is 28.3 Å². The zero-order valence-corrected chi connectivity index (χ0v) is 15.8. The van der Waals surface area contributed by atoms with Gasteiger partial charge in [-0.2, -0.15) is 44.8 Å². The average Bonchev–Trinajstić information content (AvgIpc) is 2.64. The second kappa shape index (κ2) is 8.51. The van der Waals surface area contributed by atoms with Gasteiger partial charge in [0.15, 0.2) is 0 Å². The lowest BCUT2D eigenvalue weighted by atomic mass is 9.92. The monoisotopic (exact) mass is 474 g/mol. The maximum atomic E-state index is 13.0. The Morgan fingerprint density at radius 3 is 1.87 bits per heavy atom. The molecule has 13 heteroatoms. The number of anilines is 1. The van der Waals surface area contributed by atoms with Crippen LogP contribution < -0.4 is 4.31 Å². The highest BCUT2D eigenvalue weighted by Crippen LogP contribution is 2.50. The van der Waals surface area contributed by atoms with Gasteiger partial charge in [-0.05, 0) is 42.3 Å². The average molecular weight is 474 g/mol. The molecule has 0 heterocycles. The molecule has 0 bridgehead atoms. The summed E-state index contributed by atoms with van der Waals surface area (Å²) in [5, 5.41) is 18.3. The summed E-state index contributed by atoms with van der Waals surface area (Å²) in [5.74, 6) is 0. The maximum Gasteiger partial charge on any atom is 0.430 e. The maximum absolute atomic E-state index is 13.0. The minimum atomic E-state index is -6.12. The number of hydrogen-bond donors (Lipinski definition) is 1. The standard InChI is InChI=1S/C18H11F9N2OS/c19-15(20,21)10-29(31-14-3-1-2-11(8-14)9-28)13-6-4-12(5-7-13)16(30,17(22,23)24)18(25,26)27/h1-8,30H,10H2. The van der Waals surface area contributed by atoms with Gasteiger partial charge in [-0.15, -0.1) is 0 Å². The Morgan fingerprint density at radius 2 is 1.42 bits per heavy atom. The van der Waals surface area contributed by atoms with E-state index in [1.54, 1.807) is 6.07 Å². The van der Waals surface area contributed by atoms with Crippen molar-refractivity contribution in [3.63, 3.8) is 0 Å². The summed E-state index contributed by atoms with van der Waals surface area (Å²) in [6.07, 6.45) is -17.0. The quantitative estimate of drug-likeness (QED) is 0.430. The SMILES string of the molecule is N#Cc1cccc(SN(CC(F)(F)F)c2ccc(C(O)(C(F)(F)F)C(F)(F)F)cc2)c1. The van der Waals surface area contributed by atoms with Crippen molar-refractivity contribution in [2.75, 3.05) is 10.8 Å². The molecule has 31 heavy (non-hydrogen) atoms. The number of nitrogens with zero attached hydrogens (tertiary/aromatic N) is 2. The Morgan fingerprint density at radius 1 is 0.871 bits per heavy atom. The second-order valence-corrected chi connectivity index (χ2v) is 7.23. The highest BCUT2D eigenvalue weighted by molar-refractivity contribution is 8.00. The van der Waals surface area contributed by atoms with Crippen molar-refractivity contribution in [3.05, 3.63) is 59.7 Å². The first-order valence-corrected chi connectivity index (χ1v) is 8.84. The number of halogens is 9. The van der Waals surface area contributed by atoms with Crippen molar-refractivity contribution in [2.24, 2.45) is 0 Å². The normalized spacial score (nSPS) is 13.1. The van der Waals surface area contributed by atoms with Crippen LogP contribution in [-0.4, -0.2) is 30.2 Å². The summed E-state index contributed by atoms with van der Waals surface area (Å²) in [4.78, 5) is 0.175. The molecular weight excluding hydrogens is 463 g/mol. The van der Waals surface area contributed by atoms with Crippen LogP contribution in [0.15, 0.2) is 53.4 Å². The van der Waals surface area contributed by atoms with Gasteiger partial charge in [-0.1, -0.05) is 18.2 Å². The van der Waals surface area contributed by atoms with E-state index in [2.05, 4.69) is 0 Å². The van der Waals surface area contributed by atoms with Crippen LogP contribution in [0, 0.1) is 11.3 Å². The van der Waals surface area contributed by atoms with Crippen molar-refractivity contribution in [3.8, 4) is 6.07 Å². The lowest BCUT2D eigenvalue weighted by molar-refractivity contribution is -0.376. The minimum absolute atomic E-state index is 0.132. The molecule has 0 amide bonds. The number of alkyl halides is 9. The molecule has 1 N–H and O–H groups in total. The van der Waals surface area contributed by atoms with Crippen molar-refractivity contribution in [1.82, 2.24) is 0 Å². The zero-order valence-electron chi connectivity index (χ0n) is 15.0. The fourth-order valence-corrected chi connectivity index (χ4v) is 3.46. The summed E-state index contributed by atoms with van der Waals surface area (Å²) in [6.45, 7) is -1.60. The fraction of sp³-hybridized carbons (Fsp3) is 0.278. The van der Waals surface area contributed by atoms with Gasteiger partial charge in [0.1, 0.15) is 6.54 Å². The number of rotatable bonds is 5. The molecule has 3 nitrogen and oxygen atoms in total. The molecule has 0 atom stereocenters. The van der Waals surface area contributed by atoms with Crippen LogP contribution in [0.2, 0.25) is 0 Å². The number of hydrogen-bond acceptors (Lipinski definition) is 4. The molecule has 0 spiro atoms. The first-order chi connectivity index (χ1) is 14.1. The molecule has 2 aromatic carbocycles. The molecule has 0 saturated heterocycles. The van der Waals surface area contributed by atoms with E-state index in [0.29, 0.717) is 28.4 Å².